The van der Waals surface area contributed by atoms with Crippen LogP contribution in [0.5, 0.6) is 5.75 Å². The van der Waals surface area contributed by atoms with Crippen LogP contribution in [0.15, 0.2) is 91.0 Å². The highest BCUT2D eigenvalue weighted by molar-refractivity contribution is 6.07. The standard InChI is InChI=1S/C64H64N8O2/c1-5-8-11-37-14-20-46-50(32-37)59-65-55(46)67-60-52-34-39(13-10-7-3)16-22-48(52)57(69-60)71-62-53-35-40(17-23-49(53)58(72-62)70-61-51-33-38(12-9-6-2)15-21-47(51)56(66-59)68-61)26-30-64(74)31-28-54-45-24-18-41-36-42(73)19-25-43(41)44(45)27-29-63(54,64)4/h14-17,19-23,25,32-36,44-45,54,73-74H,5-13,18,24,27-29,31H2,1-4H3,(H2,65,66,67,68,69,70,71,72)/t44-,45-,54+,63+,64+/m1/s1. The zero-order chi connectivity index (χ0) is 50.3. The first-order chi connectivity index (χ1) is 36.1. The van der Waals surface area contributed by atoms with E-state index in [0.29, 0.717) is 75.8 Å². The molecule has 8 bridgehead atoms. The number of hydrogen-bond donors (Lipinski definition) is 4. The third-order valence-corrected chi connectivity index (χ3v) is 17.8. The summed E-state index contributed by atoms with van der Waals surface area (Å²) in [4.78, 5) is 39.4. The Balaban J connectivity index is 0.993. The lowest BCUT2D eigenvalue weighted by Gasteiger charge is -2.52. The Morgan fingerprint density at radius 2 is 1.09 bits per heavy atom. The van der Waals surface area contributed by atoms with Crippen LogP contribution >= 0.6 is 0 Å². The molecule has 3 aliphatic carbocycles. The van der Waals surface area contributed by atoms with Crippen molar-refractivity contribution in [3.05, 3.63) is 124 Å². The minimum absolute atomic E-state index is 0.326. The molecule has 5 aliphatic rings. The molecule has 0 amide bonds. The molecule has 10 heteroatoms. The average Bonchev–Trinajstić information content (AvgIpc) is 4.20. The van der Waals surface area contributed by atoms with E-state index in [0.717, 1.165) is 139 Å². The lowest BCUT2D eigenvalue weighted by Crippen LogP contribution is -2.50. The van der Waals surface area contributed by atoms with Crippen molar-refractivity contribution in [2.24, 2.45) is 17.3 Å². The van der Waals surface area contributed by atoms with Gasteiger partial charge < -0.3 is 20.2 Å². The molecule has 3 aromatic heterocycles. The number of nitrogens with one attached hydrogen (secondary N) is 2. The summed E-state index contributed by atoms with van der Waals surface area (Å²) in [5.41, 5.74) is 12.2. The van der Waals surface area contributed by atoms with Crippen LogP contribution in [0.4, 0.5) is 0 Å². The predicted molar refractivity (Wildman–Crippen MR) is 296 cm³/mol. The molecule has 2 fully saturated rings. The molecule has 0 unspecified atom stereocenters. The Hall–Kier alpha value is -7.22. The van der Waals surface area contributed by atoms with Gasteiger partial charge in [-0.1, -0.05) is 101 Å². The van der Waals surface area contributed by atoms with E-state index in [9.17, 15) is 10.2 Å². The molecule has 74 heavy (non-hydrogen) atoms. The van der Waals surface area contributed by atoms with Gasteiger partial charge in [0.05, 0.1) is 0 Å². The lowest BCUT2D eigenvalue weighted by molar-refractivity contribution is -0.0647. The number of fused-ring (bicyclic) bond motifs is 25. The van der Waals surface area contributed by atoms with Crippen molar-refractivity contribution < 1.29 is 10.2 Å². The van der Waals surface area contributed by atoms with Gasteiger partial charge in [-0.3, -0.25) is 0 Å². The maximum Gasteiger partial charge on any atom is 0.164 e. The number of nitrogens with zero attached hydrogens (tertiary/aromatic N) is 6. The van der Waals surface area contributed by atoms with Gasteiger partial charge in [-0.15, -0.1) is 0 Å². The van der Waals surface area contributed by atoms with Crippen LogP contribution in [-0.4, -0.2) is 55.7 Å². The Bertz CT molecular complexity index is 3810. The number of benzene rings is 5. The van der Waals surface area contributed by atoms with Crippen LogP contribution in [0.3, 0.4) is 0 Å². The van der Waals surface area contributed by atoms with Gasteiger partial charge in [-0.05, 0) is 171 Å². The average molecular weight is 977 g/mol. The second-order valence-electron chi connectivity index (χ2n) is 22.2. The molecule has 8 aromatic rings. The zero-order valence-corrected chi connectivity index (χ0v) is 43.1. The largest absolute Gasteiger partial charge is 0.508 e. The molecule has 13 rings (SSSR count). The lowest BCUT2D eigenvalue weighted by atomic mass is 9.53. The van der Waals surface area contributed by atoms with Gasteiger partial charge in [0.1, 0.15) is 33.9 Å². The number of phenolic OH excluding ortho intramolecular Hbond substituents is 1. The Kier molecular flexibility index (Phi) is 11.5. The number of H-pyrrole nitrogens is 2. The first-order valence-electron chi connectivity index (χ1n) is 27.5. The van der Waals surface area contributed by atoms with Crippen molar-refractivity contribution >= 4 is 44.1 Å². The first-order valence-corrected chi connectivity index (χ1v) is 27.5. The Morgan fingerprint density at radius 1 is 0.554 bits per heavy atom. The Labute approximate surface area is 432 Å². The Morgan fingerprint density at radius 3 is 1.70 bits per heavy atom. The molecular formula is C64H64N8O2. The first kappa shape index (κ1) is 46.6. The van der Waals surface area contributed by atoms with Crippen molar-refractivity contribution in [1.29, 1.82) is 0 Å². The number of unbranched alkanes of at least 4 members (excludes halogenated alkanes) is 3. The summed E-state index contributed by atoms with van der Waals surface area (Å²) >= 11 is 0. The van der Waals surface area contributed by atoms with Crippen LogP contribution in [0.2, 0.25) is 0 Å². The van der Waals surface area contributed by atoms with Gasteiger partial charge in [0.25, 0.3) is 0 Å². The van der Waals surface area contributed by atoms with Gasteiger partial charge in [0.2, 0.25) is 0 Å². The van der Waals surface area contributed by atoms with E-state index in [4.69, 9.17) is 29.9 Å². The highest BCUT2D eigenvalue weighted by Gasteiger charge is 2.61. The number of phenols is 1. The monoisotopic (exact) mass is 977 g/mol. The van der Waals surface area contributed by atoms with Gasteiger partial charge in [-0.2, -0.15) is 0 Å². The molecule has 372 valence electrons. The van der Waals surface area contributed by atoms with Gasteiger partial charge in [0, 0.05) is 54.8 Å². The van der Waals surface area contributed by atoms with E-state index in [1.54, 1.807) is 0 Å². The third-order valence-electron chi connectivity index (χ3n) is 17.8. The molecule has 10 nitrogen and oxygen atoms in total. The normalized spacial score (nSPS) is 21.4. The molecular weight excluding hydrogens is 913 g/mol. The number of aryl methyl sites for hydroxylation is 4. The van der Waals surface area contributed by atoms with E-state index in [-0.39, 0.29) is 5.41 Å². The summed E-state index contributed by atoms with van der Waals surface area (Å²) in [6.07, 6.45) is 15.1. The van der Waals surface area contributed by atoms with Crippen LogP contribution < -0.4 is 0 Å². The molecule has 5 heterocycles. The van der Waals surface area contributed by atoms with Crippen LogP contribution in [0, 0.1) is 29.1 Å². The molecule has 2 aliphatic heterocycles. The van der Waals surface area contributed by atoms with E-state index >= 15 is 0 Å². The van der Waals surface area contributed by atoms with Gasteiger partial charge in [-0.25, -0.2) is 29.9 Å². The smallest absolute Gasteiger partial charge is 0.164 e. The third kappa shape index (κ3) is 7.80. The summed E-state index contributed by atoms with van der Waals surface area (Å²) in [5.74, 6) is 11.1. The molecule has 0 radical (unpaired) electrons. The topological polar surface area (TPSA) is 149 Å². The fraction of sp³-hybridized carbons (Fsp3) is 0.375. The number of aliphatic hydroxyl groups is 1. The van der Waals surface area contributed by atoms with Crippen LogP contribution in [0.25, 0.3) is 89.7 Å². The summed E-state index contributed by atoms with van der Waals surface area (Å²) in [7, 11) is 0. The van der Waals surface area contributed by atoms with E-state index in [2.05, 4.69) is 122 Å². The van der Waals surface area contributed by atoms with Gasteiger partial charge >= 0.3 is 0 Å². The number of hydrogen-bond acceptors (Lipinski definition) is 8. The fourth-order valence-corrected chi connectivity index (χ4v) is 13.6. The molecule has 4 N–H and O–H groups in total. The fourth-order valence-electron chi connectivity index (χ4n) is 13.6. The van der Waals surface area contributed by atoms with Crippen molar-refractivity contribution in [1.82, 2.24) is 39.9 Å². The zero-order valence-electron chi connectivity index (χ0n) is 43.1. The number of aromatic nitrogens is 8. The maximum absolute atomic E-state index is 12.7. The van der Waals surface area contributed by atoms with Crippen LogP contribution in [0.1, 0.15) is 138 Å². The SMILES string of the molecule is CCCCc1ccc2c(c1)-c1nc-2nc2[nH]c(nc3nc(nc4[nH]c(n1)c1ccc(C#C[C@]5(O)CC[C@H]6[C@@H]7CCc8cc(O)ccc8[C@H]7CC[C@@]65C)cc41)-c1ccc(CCCC)cc1-3)c1ccc(CCCC)cc21. The number of aromatic amines is 2. The second-order valence-corrected chi connectivity index (χ2v) is 22.2. The van der Waals surface area contributed by atoms with Crippen molar-refractivity contribution in [2.45, 2.75) is 136 Å². The molecule has 0 saturated heterocycles. The highest BCUT2D eigenvalue weighted by atomic mass is 16.3. The van der Waals surface area contributed by atoms with Crippen LogP contribution in [-0.2, 0) is 25.7 Å². The van der Waals surface area contributed by atoms with Gasteiger partial charge in [0.15, 0.2) is 23.3 Å². The summed E-state index contributed by atoms with van der Waals surface area (Å²) < 4.78 is 0. The minimum Gasteiger partial charge on any atom is -0.508 e. The molecule has 5 atom stereocenters. The summed E-state index contributed by atoms with van der Waals surface area (Å²) in [6.45, 7) is 8.97. The molecule has 0 spiro atoms. The van der Waals surface area contributed by atoms with Crippen molar-refractivity contribution in [2.75, 3.05) is 0 Å². The quantitative estimate of drug-likeness (QED) is 0.104. The second kappa shape index (κ2) is 18.3. The van der Waals surface area contributed by atoms with E-state index in [1.807, 2.05) is 18.2 Å². The highest BCUT2D eigenvalue weighted by Crippen LogP contribution is 2.64. The predicted octanol–water partition coefficient (Wildman–Crippen LogP) is 14.2. The number of rotatable bonds is 9. The number of aromatic hydroxyl groups is 1. The molecule has 2 saturated carbocycles. The minimum atomic E-state index is -1.12. The van der Waals surface area contributed by atoms with E-state index < -0.39 is 5.60 Å². The maximum atomic E-state index is 12.7. The summed E-state index contributed by atoms with van der Waals surface area (Å²) in [5, 5.41) is 26.7. The van der Waals surface area contributed by atoms with Crippen molar-refractivity contribution in [3.8, 4) is 63.1 Å². The van der Waals surface area contributed by atoms with Crippen molar-refractivity contribution in [3.63, 3.8) is 0 Å². The molecule has 5 aromatic carbocycles. The van der Waals surface area contributed by atoms with E-state index in [1.165, 1.54) is 27.8 Å². The summed E-state index contributed by atoms with van der Waals surface area (Å²) in [6, 6.07) is 32.0.